The topological polar surface area (TPSA) is 56.7 Å². The van der Waals surface area contributed by atoms with E-state index in [0.29, 0.717) is 11.9 Å². The fourth-order valence-corrected chi connectivity index (χ4v) is 1.83. The lowest BCUT2D eigenvalue weighted by molar-refractivity contribution is 0.544. The molecule has 2 aromatic heterocycles. The molecule has 4 nitrogen and oxygen atoms in total. The van der Waals surface area contributed by atoms with Crippen molar-refractivity contribution < 1.29 is 0 Å². The second-order valence-corrected chi connectivity index (χ2v) is 3.93. The Bertz CT molecular complexity index is 487. The quantitative estimate of drug-likeness (QED) is 0.816. The molecule has 2 aromatic rings. The highest BCUT2D eigenvalue weighted by Gasteiger charge is 2.12. The van der Waals surface area contributed by atoms with Crippen molar-refractivity contribution in [3.05, 3.63) is 18.1 Å². The van der Waals surface area contributed by atoms with Gasteiger partial charge in [0.05, 0.1) is 5.39 Å². The molecule has 0 spiro atoms. The van der Waals surface area contributed by atoms with Gasteiger partial charge in [-0.1, -0.05) is 6.92 Å². The number of nitrogens with zero attached hydrogens (tertiary/aromatic N) is 3. The summed E-state index contributed by atoms with van der Waals surface area (Å²) in [6.45, 7) is 6.38. The van der Waals surface area contributed by atoms with E-state index in [4.69, 9.17) is 5.73 Å². The van der Waals surface area contributed by atoms with Crippen molar-refractivity contribution in [1.82, 2.24) is 14.5 Å². The molecule has 80 valence electrons. The number of nitrogen functional groups attached to an aromatic ring is 1. The van der Waals surface area contributed by atoms with Gasteiger partial charge in [0.1, 0.15) is 17.8 Å². The Morgan fingerprint density at radius 2 is 2.20 bits per heavy atom. The number of rotatable bonds is 2. The molecule has 4 heteroatoms. The van der Waals surface area contributed by atoms with E-state index in [9.17, 15) is 0 Å². The van der Waals surface area contributed by atoms with Gasteiger partial charge < -0.3 is 10.3 Å². The Labute approximate surface area is 89.1 Å². The highest BCUT2D eigenvalue weighted by molar-refractivity contribution is 5.89. The highest BCUT2D eigenvalue weighted by Crippen LogP contribution is 2.26. The number of aryl methyl sites for hydroxylation is 1. The summed E-state index contributed by atoms with van der Waals surface area (Å²) >= 11 is 0. The average molecular weight is 204 g/mol. The zero-order valence-electron chi connectivity index (χ0n) is 9.36. The van der Waals surface area contributed by atoms with E-state index < -0.39 is 0 Å². The molecule has 1 unspecified atom stereocenters. The minimum absolute atomic E-state index is 0.440. The van der Waals surface area contributed by atoms with Crippen LogP contribution >= 0.6 is 0 Å². The molecular weight excluding hydrogens is 188 g/mol. The van der Waals surface area contributed by atoms with Gasteiger partial charge in [0.2, 0.25) is 0 Å². The lowest BCUT2D eigenvalue weighted by Gasteiger charge is -2.11. The van der Waals surface area contributed by atoms with Crippen molar-refractivity contribution in [1.29, 1.82) is 0 Å². The summed E-state index contributed by atoms with van der Waals surface area (Å²) in [6.07, 6.45) is 4.70. The van der Waals surface area contributed by atoms with E-state index in [0.717, 1.165) is 23.0 Å². The van der Waals surface area contributed by atoms with Gasteiger partial charge in [0, 0.05) is 12.2 Å². The second-order valence-electron chi connectivity index (χ2n) is 3.93. The molecule has 2 N–H and O–H groups in total. The van der Waals surface area contributed by atoms with Crippen LogP contribution in [-0.4, -0.2) is 14.5 Å². The summed E-state index contributed by atoms with van der Waals surface area (Å²) in [6, 6.07) is 0.440. The van der Waals surface area contributed by atoms with Gasteiger partial charge in [-0.05, 0) is 25.8 Å². The predicted molar refractivity (Wildman–Crippen MR) is 61.7 cm³/mol. The van der Waals surface area contributed by atoms with Crippen LogP contribution in [0.3, 0.4) is 0 Å². The van der Waals surface area contributed by atoms with E-state index in [2.05, 4.69) is 34.6 Å². The molecular formula is C11H16N4. The van der Waals surface area contributed by atoms with Crippen LogP contribution in [0.2, 0.25) is 0 Å². The minimum Gasteiger partial charge on any atom is -0.383 e. The van der Waals surface area contributed by atoms with Gasteiger partial charge in [-0.15, -0.1) is 0 Å². The number of hydrogen-bond acceptors (Lipinski definition) is 3. The molecule has 0 fully saturated rings. The first-order valence-electron chi connectivity index (χ1n) is 5.22. The molecule has 1 atom stereocenters. The van der Waals surface area contributed by atoms with Crippen LogP contribution in [0.25, 0.3) is 11.0 Å². The monoisotopic (exact) mass is 204 g/mol. The van der Waals surface area contributed by atoms with Crippen molar-refractivity contribution in [3.8, 4) is 0 Å². The lowest BCUT2D eigenvalue weighted by atomic mass is 10.2. The van der Waals surface area contributed by atoms with Gasteiger partial charge in [-0.3, -0.25) is 0 Å². The number of hydrogen-bond donors (Lipinski definition) is 1. The molecule has 0 aromatic carbocycles. The van der Waals surface area contributed by atoms with Gasteiger partial charge in [0.15, 0.2) is 0 Å². The normalized spacial score (nSPS) is 13.3. The first-order valence-corrected chi connectivity index (χ1v) is 5.22. The largest absolute Gasteiger partial charge is 0.383 e. The summed E-state index contributed by atoms with van der Waals surface area (Å²) in [4.78, 5) is 8.32. The summed E-state index contributed by atoms with van der Waals surface area (Å²) in [5.74, 6) is 0.569. The highest BCUT2D eigenvalue weighted by atomic mass is 15.1. The maximum atomic E-state index is 5.85. The van der Waals surface area contributed by atoms with Gasteiger partial charge in [-0.2, -0.15) is 0 Å². The van der Waals surface area contributed by atoms with Crippen LogP contribution in [0.4, 0.5) is 5.82 Å². The maximum Gasteiger partial charge on any atom is 0.145 e. The van der Waals surface area contributed by atoms with E-state index in [1.54, 1.807) is 0 Å². The molecule has 0 aliphatic heterocycles. The average Bonchev–Trinajstić information content (AvgIpc) is 2.56. The van der Waals surface area contributed by atoms with Crippen molar-refractivity contribution in [2.75, 3.05) is 5.73 Å². The maximum absolute atomic E-state index is 5.85. The van der Waals surface area contributed by atoms with Gasteiger partial charge in [0.25, 0.3) is 0 Å². The fraction of sp³-hybridized carbons (Fsp3) is 0.455. The van der Waals surface area contributed by atoms with E-state index >= 15 is 0 Å². The van der Waals surface area contributed by atoms with E-state index in [1.807, 2.05) is 6.92 Å². The minimum atomic E-state index is 0.440. The zero-order chi connectivity index (χ0) is 11.0. The van der Waals surface area contributed by atoms with Crippen LogP contribution < -0.4 is 5.73 Å². The third-order valence-electron chi connectivity index (χ3n) is 2.89. The molecule has 0 amide bonds. The second kappa shape index (κ2) is 3.53. The number of fused-ring (bicyclic) bond motifs is 1. The molecule has 2 heterocycles. The zero-order valence-corrected chi connectivity index (χ0v) is 9.36. The molecule has 0 saturated heterocycles. The SMILES string of the molecule is CCC(C)n1cc(C)c2c(N)ncnc21. The van der Waals surface area contributed by atoms with Crippen LogP contribution in [0.15, 0.2) is 12.5 Å². The first-order chi connectivity index (χ1) is 7.15. The summed E-state index contributed by atoms with van der Waals surface area (Å²) in [5.41, 5.74) is 7.93. The molecule has 0 aliphatic rings. The number of aromatic nitrogens is 3. The van der Waals surface area contributed by atoms with Gasteiger partial charge >= 0.3 is 0 Å². The summed E-state index contributed by atoms with van der Waals surface area (Å²) < 4.78 is 2.17. The van der Waals surface area contributed by atoms with Gasteiger partial charge in [-0.25, -0.2) is 9.97 Å². The van der Waals surface area contributed by atoms with Crippen LogP contribution in [0.1, 0.15) is 31.9 Å². The molecule has 0 radical (unpaired) electrons. The Hall–Kier alpha value is -1.58. The molecule has 0 saturated carbocycles. The standard InChI is InChI=1S/C11H16N4/c1-4-8(3)15-5-7(2)9-10(12)13-6-14-11(9)15/h5-6,8H,4H2,1-3H3,(H2,12,13,14). The van der Waals surface area contributed by atoms with E-state index in [-0.39, 0.29) is 0 Å². The number of nitrogens with two attached hydrogens (primary N) is 1. The Balaban J connectivity index is 2.73. The molecule has 2 rings (SSSR count). The summed E-state index contributed by atoms with van der Waals surface area (Å²) in [7, 11) is 0. The third-order valence-corrected chi connectivity index (χ3v) is 2.89. The Morgan fingerprint density at radius 1 is 1.47 bits per heavy atom. The Morgan fingerprint density at radius 3 is 2.87 bits per heavy atom. The smallest absolute Gasteiger partial charge is 0.145 e. The van der Waals surface area contributed by atoms with Crippen molar-refractivity contribution in [2.45, 2.75) is 33.2 Å². The van der Waals surface area contributed by atoms with Crippen LogP contribution in [0.5, 0.6) is 0 Å². The molecule has 0 aliphatic carbocycles. The lowest BCUT2D eigenvalue weighted by Crippen LogP contribution is -2.03. The van der Waals surface area contributed by atoms with Crippen LogP contribution in [-0.2, 0) is 0 Å². The molecule has 0 bridgehead atoms. The van der Waals surface area contributed by atoms with Crippen molar-refractivity contribution >= 4 is 16.9 Å². The third kappa shape index (κ3) is 1.46. The summed E-state index contributed by atoms with van der Waals surface area (Å²) in [5, 5.41) is 0.984. The first kappa shape index (κ1) is 9.96. The molecule has 15 heavy (non-hydrogen) atoms. The van der Waals surface area contributed by atoms with Crippen molar-refractivity contribution in [2.24, 2.45) is 0 Å². The van der Waals surface area contributed by atoms with E-state index in [1.165, 1.54) is 6.33 Å². The fourth-order valence-electron chi connectivity index (χ4n) is 1.83. The predicted octanol–water partition coefficient (Wildman–Crippen LogP) is 2.29. The Kier molecular flexibility index (Phi) is 2.34. The van der Waals surface area contributed by atoms with Crippen LogP contribution in [0, 0.1) is 6.92 Å². The van der Waals surface area contributed by atoms with Crippen molar-refractivity contribution in [3.63, 3.8) is 0 Å². The number of anilines is 1.